The summed E-state index contributed by atoms with van der Waals surface area (Å²) in [6, 6.07) is 13.9. The van der Waals surface area contributed by atoms with Gasteiger partial charge in [-0.3, -0.25) is 14.9 Å². The lowest BCUT2D eigenvalue weighted by Crippen LogP contribution is -2.26. The summed E-state index contributed by atoms with van der Waals surface area (Å²) in [5.74, 6) is -0.327. The molecule has 0 fully saturated rings. The summed E-state index contributed by atoms with van der Waals surface area (Å²) in [6.07, 6.45) is 1.76. The van der Waals surface area contributed by atoms with Crippen LogP contribution in [0, 0.1) is 10.1 Å². The predicted octanol–water partition coefficient (Wildman–Crippen LogP) is 3.81. The van der Waals surface area contributed by atoms with Gasteiger partial charge in [-0.15, -0.1) is 11.8 Å². The predicted molar refractivity (Wildman–Crippen MR) is 87.2 cm³/mol. The third-order valence-corrected chi connectivity index (χ3v) is 4.07. The minimum atomic E-state index is -0.469. The topological polar surface area (TPSA) is 72.2 Å². The van der Waals surface area contributed by atoms with Crippen molar-refractivity contribution in [2.24, 2.45) is 0 Å². The van der Waals surface area contributed by atoms with Crippen molar-refractivity contribution in [1.82, 2.24) is 5.32 Å². The number of nitrogens with zero attached hydrogens (tertiary/aromatic N) is 1. The van der Waals surface area contributed by atoms with Crippen LogP contribution in [0.4, 0.5) is 5.69 Å². The van der Waals surface area contributed by atoms with Crippen LogP contribution in [0.2, 0.25) is 0 Å². The zero-order valence-electron chi connectivity index (χ0n) is 12.3. The van der Waals surface area contributed by atoms with Crippen LogP contribution in [-0.4, -0.2) is 17.1 Å². The highest BCUT2D eigenvalue weighted by Gasteiger charge is 2.18. The van der Waals surface area contributed by atoms with E-state index in [9.17, 15) is 14.9 Å². The van der Waals surface area contributed by atoms with E-state index in [-0.39, 0.29) is 23.2 Å². The van der Waals surface area contributed by atoms with Gasteiger partial charge in [-0.25, -0.2) is 0 Å². The van der Waals surface area contributed by atoms with E-state index in [4.69, 9.17) is 0 Å². The second-order valence-corrected chi connectivity index (χ2v) is 5.60. The highest BCUT2D eigenvalue weighted by atomic mass is 32.2. The number of rotatable bonds is 5. The molecule has 1 N–H and O–H groups in total. The van der Waals surface area contributed by atoms with Gasteiger partial charge < -0.3 is 5.32 Å². The number of thioether (sulfide) groups is 1. The van der Waals surface area contributed by atoms with Crippen molar-refractivity contribution in [1.29, 1.82) is 0 Å². The van der Waals surface area contributed by atoms with E-state index < -0.39 is 4.92 Å². The first-order chi connectivity index (χ1) is 10.5. The number of nitrogens with one attached hydrogen (secondary N) is 1. The minimum absolute atomic E-state index is 0.0486. The normalized spacial score (nSPS) is 11.7. The molecular weight excluding hydrogens is 300 g/mol. The molecule has 0 radical (unpaired) electrons. The SMILES string of the molecule is CSc1ccc(C(=O)N[C@H](C)c2ccccc2)cc1[N+](=O)[O-]. The summed E-state index contributed by atoms with van der Waals surface area (Å²) in [5.41, 5.74) is 1.21. The molecule has 0 unspecified atom stereocenters. The molecule has 0 heterocycles. The van der Waals surface area contributed by atoms with Gasteiger partial charge in [-0.2, -0.15) is 0 Å². The molecule has 1 amide bonds. The lowest BCUT2D eigenvalue weighted by molar-refractivity contribution is -0.387. The summed E-state index contributed by atoms with van der Waals surface area (Å²) in [7, 11) is 0. The molecule has 0 saturated heterocycles. The van der Waals surface area contributed by atoms with Gasteiger partial charge in [0, 0.05) is 11.6 Å². The summed E-state index contributed by atoms with van der Waals surface area (Å²) < 4.78 is 0. The van der Waals surface area contributed by atoms with Crippen LogP contribution in [0.1, 0.15) is 28.9 Å². The zero-order chi connectivity index (χ0) is 16.1. The highest BCUT2D eigenvalue weighted by molar-refractivity contribution is 7.98. The van der Waals surface area contributed by atoms with E-state index in [0.29, 0.717) is 4.90 Å². The Morgan fingerprint density at radius 3 is 2.50 bits per heavy atom. The molecule has 22 heavy (non-hydrogen) atoms. The number of hydrogen-bond acceptors (Lipinski definition) is 4. The van der Waals surface area contributed by atoms with Crippen LogP contribution in [0.5, 0.6) is 0 Å². The number of nitro benzene ring substituents is 1. The first kappa shape index (κ1) is 16.0. The number of carbonyl (C=O) groups excluding carboxylic acids is 1. The number of hydrogen-bond donors (Lipinski definition) is 1. The van der Waals surface area contributed by atoms with Crippen molar-refractivity contribution in [3.8, 4) is 0 Å². The van der Waals surface area contributed by atoms with E-state index in [2.05, 4.69) is 5.32 Å². The van der Waals surface area contributed by atoms with Crippen LogP contribution in [0.3, 0.4) is 0 Å². The van der Waals surface area contributed by atoms with Gasteiger partial charge in [-0.05, 0) is 30.9 Å². The molecule has 0 spiro atoms. The second-order valence-electron chi connectivity index (χ2n) is 4.75. The fourth-order valence-corrected chi connectivity index (χ4v) is 2.63. The third-order valence-electron chi connectivity index (χ3n) is 3.28. The summed E-state index contributed by atoms with van der Waals surface area (Å²) in [5, 5.41) is 13.9. The lowest BCUT2D eigenvalue weighted by Gasteiger charge is -2.14. The maximum Gasteiger partial charge on any atom is 0.283 e. The number of amides is 1. The second kappa shape index (κ2) is 7.09. The Kier molecular flexibility index (Phi) is 5.16. The monoisotopic (exact) mass is 316 g/mol. The van der Waals surface area contributed by atoms with Crippen molar-refractivity contribution < 1.29 is 9.72 Å². The molecule has 5 nitrogen and oxygen atoms in total. The highest BCUT2D eigenvalue weighted by Crippen LogP contribution is 2.28. The van der Waals surface area contributed by atoms with E-state index in [0.717, 1.165) is 5.56 Å². The Hall–Kier alpha value is -2.34. The quantitative estimate of drug-likeness (QED) is 0.517. The Morgan fingerprint density at radius 1 is 1.23 bits per heavy atom. The van der Waals surface area contributed by atoms with Gasteiger partial charge in [0.05, 0.1) is 15.9 Å². The standard InChI is InChI=1S/C16H16N2O3S/c1-11(12-6-4-3-5-7-12)17-16(19)13-8-9-15(22-2)14(10-13)18(20)21/h3-11H,1-2H3,(H,17,19)/t11-/m1/s1. The Bertz CT molecular complexity index is 689. The van der Waals surface area contributed by atoms with E-state index in [1.807, 2.05) is 37.3 Å². The van der Waals surface area contributed by atoms with Crippen LogP contribution < -0.4 is 5.32 Å². The van der Waals surface area contributed by atoms with Crippen LogP contribution >= 0.6 is 11.8 Å². The van der Waals surface area contributed by atoms with E-state index in [1.54, 1.807) is 18.4 Å². The van der Waals surface area contributed by atoms with Crippen LogP contribution in [-0.2, 0) is 0 Å². The van der Waals surface area contributed by atoms with Gasteiger partial charge in [0.1, 0.15) is 0 Å². The number of nitro groups is 1. The Labute approximate surface area is 132 Å². The average Bonchev–Trinajstić information content (AvgIpc) is 2.54. The van der Waals surface area contributed by atoms with Gasteiger partial charge in [0.25, 0.3) is 11.6 Å². The molecule has 0 aliphatic heterocycles. The molecular formula is C16H16N2O3S. The fraction of sp³-hybridized carbons (Fsp3) is 0.188. The van der Waals surface area contributed by atoms with Gasteiger partial charge >= 0.3 is 0 Å². The molecule has 0 saturated carbocycles. The molecule has 2 rings (SSSR count). The van der Waals surface area contributed by atoms with Gasteiger partial charge in [-0.1, -0.05) is 30.3 Å². The molecule has 0 aliphatic rings. The first-order valence-corrected chi connectivity index (χ1v) is 7.93. The minimum Gasteiger partial charge on any atom is -0.346 e. The lowest BCUT2D eigenvalue weighted by atomic mass is 10.1. The molecule has 0 bridgehead atoms. The summed E-state index contributed by atoms with van der Waals surface area (Å²) in [4.78, 5) is 23.4. The maximum absolute atomic E-state index is 12.3. The molecule has 2 aromatic rings. The maximum atomic E-state index is 12.3. The van der Waals surface area contributed by atoms with Crippen LogP contribution in [0.25, 0.3) is 0 Å². The van der Waals surface area contributed by atoms with E-state index in [1.165, 1.54) is 17.8 Å². The third kappa shape index (κ3) is 3.65. The molecule has 1 atom stereocenters. The van der Waals surface area contributed by atoms with Gasteiger partial charge in [0.2, 0.25) is 0 Å². The van der Waals surface area contributed by atoms with Crippen molar-refractivity contribution in [3.63, 3.8) is 0 Å². The van der Waals surface area contributed by atoms with Crippen molar-refractivity contribution in [2.45, 2.75) is 17.9 Å². The molecule has 0 aromatic heterocycles. The summed E-state index contributed by atoms with van der Waals surface area (Å²) >= 11 is 1.28. The molecule has 0 aliphatic carbocycles. The van der Waals surface area contributed by atoms with Crippen molar-refractivity contribution in [2.75, 3.05) is 6.26 Å². The van der Waals surface area contributed by atoms with Gasteiger partial charge in [0.15, 0.2) is 0 Å². The average molecular weight is 316 g/mol. The Morgan fingerprint density at radius 2 is 1.91 bits per heavy atom. The number of benzene rings is 2. The molecule has 6 heteroatoms. The molecule has 2 aromatic carbocycles. The first-order valence-electron chi connectivity index (χ1n) is 6.71. The largest absolute Gasteiger partial charge is 0.346 e. The zero-order valence-corrected chi connectivity index (χ0v) is 13.1. The van der Waals surface area contributed by atoms with E-state index >= 15 is 0 Å². The van der Waals surface area contributed by atoms with Crippen molar-refractivity contribution >= 4 is 23.4 Å². The van der Waals surface area contributed by atoms with Crippen LogP contribution in [0.15, 0.2) is 53.4 Å². The summed E-state index contributed by atoms with van der Waals surface area (Å²) in [6.45, 7) is 1.87. The Balaban J connectivity index is 2.19. The van der Waals surface area contributed by atoms with Crippen molar-refractivity contribution in [3.05, 3.63) is 69.8 Å². The smallest absolute Gasteiger partial charge is 0.283 e. The fourth-order valence-electron chi connectivity index (χ4n) is 2.08. The molecule has 114 valence electrons. The number of carbonyl (C=O) groups is 1.